The number of ether oxygens (including phenoxy) is 2. The molecule has 3 aromatic carbocycles. The number of unbranched alkanes of at least 4 members (excludes halogenated alkanes) is 3. The van der Waals surface area contributed by atoms with Gasteiger partial charge in [-0.05, 0) is 36.1 Å². The van der Waals surface area contributed by atoms with E-state index in [1.807, 2.05) is 30.3 Å². The molecule has 6 heteroatoms. The number of methoxy groups -OCH3 is 2. The first kappa shape index (κ1) is 27.3. The summed E-state index contributed by atoms with van der Waals surface area (Å²) in [6.07, 6.45) is 8.76. The molecule has 0 aliphatic carbocycles. The van der Waals surface area contributed by atoms with Crippen LogP contribution in [0.4, 0.5) is 0 Å². The molecule has 3 rings (SSSR count). The van der Waals surface area contributed by atoms with Gasteiger partial charge in [0, 0.05) is 18.2 Å². The van der Waals surface area contributed by atoms with Crippen LogP contribution in [0, 0.1) is 0 Å². The lowest BCUT2D eigenvalue weighted by atomic mass is 10.1. The van der Waals surface area contributed by atoms with E-state index in [9.17, 15) is 15.0 Å². The van der Waals surface area contributed by atoms with E-state index in [1.54, 1.807) is 24.3 Å². The predicted octanol–water partition coefficient (Wildman–Crippen LogP) is 6.53. The molecule has 0 heterocycles. The number of carbonyl (C=O) groups excluding carboxylic acids is 1. The molecule has 0 aliphatic rings. The molecule has 0 aliphatic heterocycles. The van der Waals surface area contributed by atoms with Crippen molar-refractivity contribution in [3.8, 4) is 28.7 Å². The Balaban J connectivity index is 0.000000269. The number of ketones is 1. The second-order valence-corrected chi connectivity index (χ2v) is 7.96. The quantitative estimate of drug-likeness (QED) is 0.174. The highest BCUT2D eigenvalue weighted by molar-refractivity contribution is 6.10. The van der Waals surface area contributed by atoms with Crippen LogP contribution in [0.5, 0.6) is 28.7 Å². The van der Waals surface area contributed by atoms with Gasteiger partial charge >= 0.3 is 0 Å². The number of carbonyl (C=O) groups is 1. The highest BCUT2D eigenvalue weighted by Gasteiger charge is 2.17. The van der Waals surface area contributed by atoms with Crippen LogP contribution in [0.1, 0.15) is 54.1 Å². The van der Waals surface area contributed by atoms with Crippen LogP contribution in [0.2, 0.25) is 0 Å². The van der Waals surface area contributed by atoms with Gasteiger partial charge in [-0.15, -0.1) is 0 Å². The number of hydrogen-bond donors (Lipinski definition) is 3. The number of rotatable bonds is 10. The molecule has 0 unspecified atom stereocenters. The SMILES string of the molecule is CCCCCCc1ccc(O)cc1O.COc1cc(O)c(C(=O)C=Cc2ccccc2)c(OC)c1. The van der Waals surface area contributed by atoms with Gasteiger partial charge in [-0.3, -0.25) is 4.79 Å². The zero-order chi connectivity index (χ0) is 25.6. The van der Waals surface area contributed by atoms with Crippen LogP contribution in [0.15, 0.2) is 66.7 Å². The monoisotopic (exact) mass is 478 g/mol. The number of aryl methyl sites for hydroxylation is 1. The van der Waals surface area contributed by atoms with Crippen molar-refractivity contribution in [1.82, 2.24) is 0 Å². The van der Waals surface area contributed by atoms with E-state index in [2.05, 4.69) is 6.92 Å². The molecule has 0 bridgehead atoms. The van der Waals surface area contributed by atoms with Crippen LogP contribution in [-0.2, 0) is 6.42 Å². The summed E-state index contributed by atoms with van der Waals surface area (Å²) >= 11 is 0. The zero-order valence-electron chi connectivity index (χ0n) is 20.5. The molecule has 0 fully saturated rings. The van der Waals surface area contributed by atoms with E-state index in [1.165, 1.54) is 51.7 Å². The molecule has 0 amide bonds. The van der Waals surface area contributed by atoms with Gasteiger partial charge < -0.3 is 24.8 Å². The summed E-state index contributed by atoms with van der Waals surface area (Å²) in [5, 5.41) is 28.6. The van der Waals surface area contributed by atoms with E-state index in [0.717, 1.165) is 24.0 Å². The van der Waals surface area contributed by atoms with Crippen molar-refractivity contribution >= 4 is 11.9 Å². The first-order valence-electron chi connectivity index (χ1n) is 11.6. The van der Waals surface area contributed by atoms with Crippen molar-refractivity contribution in [2.45, 2.75) is 39.0 Å². The Bertz CT molecular complexity index is 1110. The number of benzene rings is 3. The summed E-state index contributed by atoms with van der Waals surface area (Å²) in [5.74, 6) is 0.522. The summed E-state index contributed by atoms with van der Waals surface area (Å²) in [4.78, 5) is 12.3. The molecule has 0 radical (unpaired) electrons. The van der Waals surface area contributed by atoms with Gasteiger partial charge in [0.05, 0.1) is 14.2 Å². The Hall–Kier alpha value is -3.93. The Morgan fingerprint density at radius 2 is 1.60 bits per heavy atom. The lowest BCUT2D eigenvalue weighted by Crippen LogP contribution is -2.00. The number of allylic oxidation sites excluding steroid dienone is 1. The van der Waals surface area contributed by atoms with Crippen molar-refractivity contribution in [1.29, 1.82) is 0 Å². The van der Waals surface area contributed by atoms with Crippen molar-refractivity contribution in [3.05, 3.63) is 83.4 Å². The minimum Gasteiger partial charge on any atom is -0.508 e. The zero-order valence-corrected chi connectivity index (χ0v) is 20.5. The second-order valence-electron chi connectivity index (χ2n) is 7.96. The number of aromatic hydroxyl groups is 3. The maximum atomic E-state index is 12.3. The topological polar surface area (TPSA) is 96.2 Å². The average Bonchev–Trinajstić information content (AvgIpc) is 2.86. The molecule has 0 saturated carbocycles. The highest BCUT2D eigenvalue weighted by Crippen LogP contribution is 2.33. The van der Waals surface area contributed by atoms with E-state index in [0.29, 0.717) is 5.75 Å². The van der Waals surface area contributed by atoms with Crippen molar-refractivity contribution in [2.75, 3.05) is 14.2 Å². The summed E-state index contributed by atoms with van der Waals surface area (Å²) in [7, 11) is 2.91. The molecule has 0 atom stereocenters. The minimum atomic E-state index is -0.337. The summed E-state index contributed by atoms with van der Waals surface area (Å²) in [6.45, 7) is 2.18. The predicted molar refractivity (Wildman–Crippen MR) is 139 cm³/mol. The summed E-state index contributed by atoms with van der Waals surface area (Å²) < 4.78 is 10.2. The smallest absolute Gasteiger partial charge is 0.193 e. The maximum Gasteiger partial charge on any atom is 0.193 e. The fourth-order valence-corrected chi connectivity index (χ4v) is 3.43. The number of phenolic OH excluding ortho intramolecular Hbond substituents is 3. The van der Waals surface area contributed by atoms with Gasteiger partial charge in [-0.25, -0.2) is 0 Å². The molecule has 3 N–H and O–H groups in total. The normalized spacial score (nSPS) is 10.5. The van der Waals surface area contributed by atoms with E-state index >= 15 is 0 Å². The molecular weight excluding hydrogens is 444 g/mol. The first-order chi connectivity index (χ1) is 16.9. The highest BCUT2D eigenvalue weighted by atomic mass is 16.5. The minimum absolute atomic E-state index is 0.116. The van der Waals surface area contributed by atoms with E-state index in [-0.39, 0.29) is 34.3 Å². The first-order valence-corrected chi connectivity index (χ1v) is 11.6. The van der Waals surface area contributed by atoms with Crippen LogP contribution in [0.25, 0.3) is 6.08 Å². The molecule has 3 aromatic rings. The van der Waals surface area contributed by atoms with Gasteiger partial charge in [-0.2, -0.15) is 0 Å². The molecular formula is C29H34O6. The molecule has 0 saturated heterocycles. The van der Waals surface area contributed by atoms with Crippen LogP contribution in [-0.4, -0.2) is 35.3 Å². The van der Waals surface area contributed by atoms with Gasteiger partial charge in [0.1, 0.15) is 34.3 Å². The van der Waals surface area contributed by atoms with Crippen LogP contribution >= 0.6 is 0 Å². The Morgan fingerprint density at radius 1 is 0.857 bits per heavy atom. The third kappa shape index (κ3) is 8.74. The standard InChI is InChI=1S/C17H16O4.C12H18O2/c1-20-13-10-15(19)17(16(11-13)21-2)14(18)9-8-12-6-4-3-5-7-12;1-2-3-4-5-6-10-7-8-11(13)9-12(10)14/h3-11,19H,1-2H3;7-9,13-14H,2-6H2,1H3. The fraction of sp³-hybridized carbons (Fsp3) is 0.276. The van der Waals surface area contributed by atoms with Crippen LogP contribution < -0.4 is 9.47 Å². The van der Waals surface area contributed by atoms with E-state index < -0.39 is 0 Å². The second kappa shape index (κ2) is 14.4. The third-order valence-electron chi connectivity index (χ3n) is 5.35. The van der Waals surface area contributed by atoms with Crippen molar-refractivity contribution in [2.24, 2.45) is 0 Å². The maximum absolute atomic E-state index is 12.3. The molecule has 0 aromatic heterocycles. The van der Waals surface area contributed by atoms with Crippen molar-refractivity contribution in [3.63, 3.8) is 0 Å². The molecule has 186 valence electrons. The average molecular weight is 479 g/mol. The summed E-state index contributed by atoms with van der Waals surface area (Å²) in [5.41, 5.74) is 1.95. The largest absolute Gasteiger partial charge is 0.508 e. The summed E-state index contributed by atoms with van der Waals surface area (Å²) in [6, 6.07) is 17.2. The van der Waals surface area contributed by atoms with Gasteiger partial charge in [0.25, 0.3) is 0 Å². The number of hydrogen-bond acceptors (Lipinski definition) is 6. The lowest BCUT2D eigenvalue weighted by molar-refractivity contribution is 0.104. The fourth-order valence-electron chi connectivity index (χ4n) is 3.43. The third-order valence-corrected chi connectivity index (χ3v) is 5.35. The van der Waals surface area contributed by atoms with E-state index in [4.69, 9.17) is 14.6 Å². The van der Waals surface area contributed by atoms with Gasteiger partial charge in [0.2, 0.25) is 0 Å². The lowest BCUT2D eigenvalue weighted by Gasteiger charge is -2.10. The van der Waals surface area contributed by atoms with Gasteiger partial charge in [-0.1, -0.05) is 68.7 Å². The Morgan fingerprint density at radius 3 is 2.23 bits per heavy atom. The molecule has 0 spiro atoms. The van der Waals surface area contributed by atoms with Crippen molar-refractivity contribution < 1.29 is 29.6 Å². The Kier molecular flexibility index (Phi) is 11.2. The van der Waals surface area contributed by atoms with Crippen LogP contribution in [0.3, 0.4) is 0 Å². The Labute approximate surface area is 207 Å². The molecule has 35 heavy (non-hydrogen) atoms. The van der Waals surface area contributed by atoms with Gasteiger partial charge in [0.15, 0.2) is 5.78 Å². The molecule has 6 nitrogen and oxygen atoms in total. The number of phenols is 3.